The molecule has 2 heterocycles. The molecule has 2 N–H and O–H groups in total. The van der Waals surface area contributed by atoms with E-state index < -0.39 is 7.32 Å². The fourth-order valence-electron chi connectivity index (χ4n) is 3.55. The minimum absolute atomic E-state index is 0.0651. The Balaban J connectivity index is 1.47. The van der Waals surface area contributed by atoms with Crippen LogP contribution < -0.4 is 9.39 Å². The van der Waals surface area contributed by atoms with Crippen molar-refractivity contribution in [2.45, 2.75) is 25.3 Å². The molecular weight excluding hydrogens is 401 g/mol. The molecule has 10 heteroatoms. The first-order valence-electron chi connectivity index (χ1n) is 10.0. The summed E-state index contributed by atoms with van der Waals surface area (Å²) in [6, 6.07) is 15.5. The molecule has 1 aliphatic heterocycles. The summed E-state index contributed by atoms with van der Waals surface area (Å²) in [5.74, 6) is 1.44. The van der Waals surface area contributed by atoms with Crippen LogP contribution in [0.2, 0.25) is 0 Å². The van der Waals surface area contributed by atoms with Gasteiger partial charge in [-0.2, -0.15) is 4.98 Å². The van der Waals surface area contributed by atoms with Gasteiger partial charge < -0.3 is 28.9 Å². The van der Waals surface area contributed by atoms with E-state index in [2.05, 4.69) is 10.1 Å². The number of amides is 1. The van der Waals surface area contributed by atoms with Crippen LogP contribution in [-0.2, 0) is 4.79 Å². The van der Waals surface area contributed by atoms with E-state index in [1.54, 1.807) is 41.3 Å². The Kier molecular flexibility index (Phi) is 6.49. The number of aromatic nitrogens is 2. The molecular formula is C21H22BN3O6. The molecule has 0 saturated carbocycles. The summed E-state index contributed by atoms with van der Waals surface area (Å²) in [7, 11) is -1.92. The largest absolute Gasteiger partial charge is 0.707 e. The van der Waals surface area contributed by atoms with Gasteiger partial charge in [-0.1, -0.05) is 35.5 Å². The van der Waals surface area contributed by atoms with Crippen LogP contribution in [0.25, 0.3) is 11.4 Å². The predicted molar refractivity (Wildman–Crippen MR) is 111 cm³/mol. The minimum atomic E-state index is -1.92. The Labute approximate surface area is 179 Å². The molecule has 31 heavy (non-hydrogen) atoms. The van der Waals surface area contributed by atoms with Crippen LogP contribution in [0.3, 0.4) is 0 Å². The maximum absolute atomic E-state index is 12.8. The minimum Gasteiger partial charge on any atom is -0.512 e. The third kappa shape index (κ3) is 5.22. The smallest absolute Gasteiger partial charge is 0.512 e. The van der Waals surface area contributed by atoms with Gasteiger partial charge in [0.15, 0.2) is 6.61 Å². The van der Waals surface area contributed by atoms with E-state index in [-0.39, 0.29) is 24.3 Å². The number of rotatable bonds is 7. The van der Waals surface area contributed by atoms with Gasteiger partial charge in [-0.25, -0.2) is 0 Å². The average molecular weight is 423 g/mol. The van der Waals surface area contributed by atoms with Gasteiger partial charge in [0.25, 0.3) is 5.91 Å². The van der Waals surface area contributed by atoms with Gasteiger partial charge in [-0.15, -0.1) is 0 Å². The lowest BCUT2D eigenvalue weighted by molar-refractivity contribution is -0.138. The number of benzene rings is 2. The van der Waals surface area contributed by atoms with Crippen molar-refractivity contribution < 1.29 is 28.8 Å². The highest BCUT2D eigenvalue weighted by atomic mass is 16.6. The second kappa shape index (κ2) is 9.63. The van der Waals surface area contributed by atoms with Crippen LogP contribution in [0, 0.1) is 0 Å². The van der Waals surface area contributed by atoms with Crippen molar-refractivity contribution in [3.63, 3.8) is 0 Å². The van der Waals surface area contributed by atoms with E-state index in [0.717, 1.165) is 19.3 Å². The molecule has 1 saturated heterocycles. The highest BCUT2D eigenvalue weighted by Gasteiger charge is 2.32. The first kappa shape index (κ1) is 20.9. The van der Waals surface area contributed by atoms with Gasteiger partial charge >= 0.3 is 7.32 Å². The van der Waals surface area contributed by atoms with Crippen LogP contribution in [0.15, 0.2) is 59.1 Å². The molecule has 2 aromatic carbocycles. The van der Waals surface area contributed by atoms with Gasteiger partial charge in [0.2, 0.25) is 11.7 Å². The molecule has 3 aromatic rings. The average Bonchev–Trinajstić information content (AvgIpc) is 3.28. The number of hydrogen-bond acceptors (Lipinski definition) is 8. The summed E-state index contributed by atoms with van der Waals surface area (Å²) in [6.07, 6.45) is 2.57. The molecule has 1 fully saturated rings. The summed E-state index contributed by atoms with van der Waals surface area (Å²) in [5.41, 5.74) is 0.592. The molecule has 0 bridgehead atoms. The zero-order chi connectivity index (χ0) is 21.6. The molecule has 0 aliphatic carbocycles. The fourth-order valence-corrected chi connectivity index (χ4v) is 3.55. The van der Waals surface area contributed by atoms with Crippen LogP contribution in [-0.4, -0.2) is 51.5 Å². The number of hydrogen-bond donors (Lipinski definition) is 2. The molecule has 1 atom stereocenters. The van der Waals surface area contributed by atoms with Crippen LogP contribution >= 0.6 is 0 Å². The van der Waals surface area contributed by atoms with Crippen molar-refractivity contribution in [1.82, 2.24) is 15.0 Å². The Bertz CT molecular complexity index is 1010. The first-order valence-corrected chi connectivity index (χ1v) is 10.0. The molecule has 1 amide bonds. The first-order chi connectivity index (χ1) is 15.1. The lowest BCUT2D eigenvalue weighted by atomic mass is 10.0. The van der Waals surface area contributed by atoms with E-state index in [1.807, 2.05) is 18.2 Å². The van der Waals surface area contributed by atoms with Gasteiger partial charge in [-0.3, -0.25) is 4.79 Å². The monoisotopic (exact) mass is 423 g/mol. The highest BCUT2D eigenvalue weighted by Crippen LogP contribution is 2.32. The van der Waals surface area contributed by atoms with Gasteiger partial charge in [-0.05, 0) is 43.5 Å². The van der Waals surface area contributed by atoms with Crippen LogP contribution in [0.1, 0.15) is 31.2 Å². The Morgan fingerprint density at radius 2 is 1.94 bits per heavy atom. The summed E-state index contributed by atoms with van der Waals surface area (Å²) in [6.45, 7) is 0.529. The van der Waals surface area contributed by atoms with Crippen molar-refractivity contribution in [2.75, 3.05) is 13.2 Å². The second-order valence-electron chi connectivity index (χ2n) is 7.13. The van der Waals surface area contributed by atoms with Crippen molar-refractivity contribution in [3.8, 4) is 22.9 Å². The third-order valence-electron chi connectivity index (χ3n) is 4.99. The number of likely N-dealkylation sites (tertiary alicyclic amines) is 1. The highest BCUT2D eigenvalue weighted by molar-refractivity contribution is 6.33. The summed E-state index contributed by atoms with van der Waals surface area (Å²) in [4.78, 5) is 19.0. The van der Waals surface area contributed by atoms with E-state index >= 15 is 0 Å². The predicted octanol–water partition coefficient (Wildman–Crippen LogP) is 2.22. The molecule has 1 aliphatic rings. The van der Waals surface area contributed by atoms with Gasteiger partial charge in [0.05, 0.1) is 0 Å². The summed E-state index contributed by atoms with van der Waals surface area (Å²) >= 11 is 0. The fraction of sp³-hybridized carbons (Fsp3) is 0.286. The Hall–Kier alpha value is -3.37. The topological polar surface area (TPSA) is 118 Å². The molecule has 1 unspecified atom stereocenters. The molecule has 0 radical (unpaired) electrons. The second-order valence-corrected chi connectivity index (χ2v) is 7.13. The maximum Gasteiger partial charge on any atom is 0.707 e. The quantitative estimate of drug-likeness (QED) is 0.556. The number of nitrogens with zero attached hydrogens (tertiary/aromatic N) is 3. The van der Waals surface area contributed by atoms with E-state index in [1.165, 1.54) is 0 Å². The normalized spacial score (nSPS) is 16.1. The summed E-state index contributed by atoms with van der Waals surface area (Å²) in [5, 5.41) is 22.0. The Morgan fingerprint density at radius 1 is 1.13 bits per heavy atom. The number of piperidine rings is 1. The van der Waals surface area contributed by atoms with E-state index in [4.69, 9.17) is 24.0 Å². The zero-order valence-electron chi connectivity index (χ0n) is 16.8. The van der Waals surface area contributed by atoms with E-state index in [9.17, 15) is 4.79 Å². The van der Waals surface area contributed by atoms with Gasteiger partial charge in [0.1, 0.15) is 17.5 Å². The number of para-hydroxylation sites is 1. The lowest BCUT2D eigenvalue weighted by Crippen LogP contribution is -2.41. The maximum atomic E-state index is 12.8. The third-order valence-corrected chi connectivity index (χ3v) is 4.99. The molecule has 0 spiro atoms. The van der Waals surface area contributed by atoms with Gasteiger partial charge in [0, 0.05) is 12.1 Å². The number of ether oxygens (including phenoxy) is 1. The van der Waals surface area contributed by atoms with Crippen molar-refractivity contribution in [3.05, 3.63) is 60.5 Å². The lowest BCUT2D eigenvalue weighted by Gasteiger charge is -2.33. The van der Waals surface area contributed by atoms with E-state index in [0.29, 0.717) is 29.6 Å². The number of carbonyl (C=O) groups is 1. The summed E-state index contributed by atoms with van der Waals surface area (Å²) < 4.78 is 16.0. The van der Waals surface area contributed by atoms with Crippen LogP contribution in [0.4, 0.5) is 0 Å². The SMILES string of the molecule is O=C(COc1ccccc1)N1CCCCC1c1nc(-c2cccc(OB(O)O)c2)no1. The Morgan fingerprint density at radius 3 is 2.74 bits per heavy atom. The van der Waals surface area contributed by atoms with Crippen molar-refractivity contribution >= 4 is 13.2 Å². The van der Waals surface area contributed by atoms with Crippen molar-refractivity contribution in [2.24, 2.45) is 0 Å². The van der Waals surface area contributed by atoms with Crippen LogP contribution in [0.5, 0.6) is 11.5 Å². The van der Waals surface area contributed by atoms with Crippen molar-refractivity contribution in [1.29, 1.82) is 0 Å². The molecule has 1 aromatic heterocycles. The molecule has 160 valence electrons. The molecule has 9 nitrogen and oxygen atoms in total. The standard InChI is InChI=1S/C21H22BN3O6/c26-19(14-29-16-8-2-1-3-9-16)25-12-5-4-11-18(25)21-23-20(24-31-21)15-7-6-10-17(13-15)30-22(27)28/h1-3,6-10,13,18,27-28H,4-5,11-12,14H2. The molecule has 4 rings (SSSR count). The number of carbonyl (C=O) groups excluding carboxylic acids is 1. The zero-order valence-corrected chi connectivity index (χ0v) is 16.8.